The minimum atomic E-state index is -4.30. The average Bonchev–Trinajstić information content (AvgIpc) is 2.69. The highest BCUT2D eigenvalue weighted by Crippen LogP contribution is 2.51. The maximum absolute atomic E-state index is 13.1. The first-order valence-corrected chi connectivity index (χ1v) is 60.3. The molecule has 0 spiro atoms. The van der Waals surface area contributed by atoms with E-state index in [0.29, 0.717) is 0 Å². The SMILES string of the molecule is C[Si](C)(C)[Si]1(O)O[Si]2([Si](C)(C)C)O[Si](O)([Si](C)(C)C)O[Si]3([Si](C)(C)C)O[Si](O)([Si](C)(C)C)O[Si]([Si](C)(C)C)(O1)O[Si]([Si](C)(C)C)(O2)O3. The summed E-state index contributed by atoms with van der Waals surface area (Å²) < 4.78 is 66.9. The van der Waals surface area contributed by atoms with Crippen LogP contribution in [0.2, 0.25) is 137 Å². The van der Waals surface area contributed by atoms with Gasteiger partial charge in [-0.3, -0.25) is 0 Å². The number of hydrogen-bond donors (Lipinski definition) is 3. The second-order valence-corrected chi connectivity index (χ2v) is 112. The van der Waals surface area contributed by atoms with Gasteiger partial charge in [0.05, 0.1) is 0 Å². The van der Waals surface area contributed by atoms with Gasteiger partial charge in [-0.15, -0.1) is 0 Å². The third kappa shape index (κ3) is 7.36. The van der Waals surface area contributed by atoms with Gasteiger partial charge in [0, 0.05) is 0 Å². The Kier molecular flexibility index (Phi) is 11.2. The fourth-order valence-corrected chi connectivity index (χ4v) is 128. The largest absolute Gasteiger partial charge is 0.451 e. The van der Waals surface area contributed by atoms with Crippen molar-refractivity contribution in [3.8, 4) is 0 Å². The van der Waals surface area contributed by atoms with Crippen molar-refractivity contribution in [3.05, 3.63) is 0 Å². The molecule has 3 aliphatic heterocycles. The molecule has 4 bridgehead atoms. The summed E-state index contributed by atoms with van der Waals surface area (Å²) in [4.78, 5) is 39.4. The Morgan fingerprint density at radius 1 is 0.234 bits per heavy atom. The fraction of sp³-hybridized carbons (Fsp3) is 1.00. The van der Waals surface area contributed by atoms with Crippen LogP contribution in [-0.4, -0.2) is 126 Å². The van der Waals surface area contributed by atoms with Crippen molar-refractivity contribution < 1.29 is 51.4 Å². The van der Waals surface area contributed by atoms with Crippen LogP contribution in [0.3, 0.4) is 0 Å². The van der Waals surface area contributed by atoms with Gasteiger partial charge in [0.15, 0.2) is 0 Å². The van der Waals surface area contributed by atoms with Gasteiger partial charge in [0.2, 0.25) is 0 Å². The van der Waals surface area contributed by atoms with Gasteiger partial charge < -0.3 is 51.4 Å². The quantitative estimate of drug-likeness (QED) is 0.307. The molecule has 3 heterocycles. The smallest absolute Gasteiger partial charge is 0.394 e. The molecule has 3 N–H and O–H groups in total. The van der Waals surface area contributed by atoms with Gasteiger partial charge in [-0.25, -0.2) is 0 Å². The number of hydrogen-bond acceptors (Lipinski definition) is 12. The lowest BCUT2D eigenvalue weighted by atomic mass is 11.8. The van der Waals surface area contributed by atoms with Crippen LogP contribution in [0.5, 0.6) is 0 Å². The Labute approximate surface area is 298 Å². The highest BCUT2D eigenvalue weighted by Gasteiger charge is 2.85. The van der Waals surface area contributed by atoms with Gasteiger partial charge in [0.1, 0.15) is 53.1 Å². The van der Waals surface area contributed by atoms with Crippen molar-refractivity contribution in [1.29, 1.82) is 0 Å². The predicted octanol–water partition coefficient (Wildman–Crippen LogP) is 4.64. The van der Waals surface area contributed by atoms with E-state index in [1.54, 1.807) is 0 Å². The predicted molar refractivity (Wildman–Crippen MR) is 220 cm³/mol. The van der Waals surface area contributed by atoms with Crippen molar-refractivity contribution in [3.63, 3.8) is 0 Å². The minimum Gasteiger partial charge on any atom is -0.394 e. The van der Waals surface area contributed by atoms with E-state index in [2.05, 4.69) is 78.6 Å². The van der Waals surface area contributed by atoms with Crippen LogP contribution in [0.15, 0.2) is 0 Å². The highest BCUT2D eigenvalue weighted by molar-refractivity contribution is 7.54. The van der Waals surface area contributed by atoms with E-state index in [4.69, 9.17) is 37.0 Å². The van der Waals surface area contributed by atoms with E-state index in [-0.39, 0.29) is 0 Å². The molecule has 47 heavy (non-hydrogen) atoms. The van der Waals surface area contributed by atoms with Crippen molar-refractivity contribution in [1.82, 2.24) is 0 Å². The van der Waals surface area contributed by atoms with E-state index >= 15 is 0 Å². The molecular formula is C21H66O12Si14. The van der Waals surface area contributed by atoms with Crippen molar-refractivity contribution in [2.45, 2.75) is 137 Å². The highest BCUT2D eigenvalue weighted by atomic mass is 29.4. The van der Waals surface area contributed by atoms with Crippen molar-refractivity contribution >= 4 is 111 Å². The molecule has 0 unspecified atom stereocenters. The lowest BCUT2D eigenvalue weighted by Crippen LogP contribution is -2.96. The standard InChI is InChI=1S/C21H66O12Si14/c1-34(2,3)41(22)25-44(37(10,11)12)27-42(23,35(4,5)6)29-46(39(16,17)18)30-43(24,36(7,8)9)28-45(26-41,38(13,14)15)32-47(31-44,33-46)40(19,20)21/h22-24H,1-21H3. The summed E-state index contributed by atoms with van der Waals surface area (Å²) in [6.07, 6.45) is 0. The Hall–Kier alpha value is 2.56. The fourth-order valence-electron chi connectivity index (χ4n) is 4.69. The molecule has 0 aromatic rings. The summed E-state index contributed by atoms with van der Waals surface area (Å²) in [5, 5.41) is 0. The zero-order valence-corrected chi connectivity index (χ0v) is 47.0. The third-order valence-electron chi connectivity index (χ3n) is 8.96. The topological polar surface area (TPSA) is 144 Å². The number of fused-ring (bicyclic) bond motifs is 3. The Bertz CT molecular complexity index is 1050. The van der Waals surface area contributed by atoms with Crippen molar-refractivity contribution in [2.24, 2.45) is 0 Å². The summed E-state index contributed by atoms with van der Waals surface area (Å²) >= 11 is 0. The van der Waals surface area contributed by atoms with Gasteiger partial charge >= 0.3 is 58.3 Å². The molecule has 0 aliphatic carbocycles. The lowest BCUT2D eigenvalue weighted by Gasteiger charge is -2.65. The van der Waals surface area contributed by atoms with Crippen LogP contribution in [-0.2, 0) is 37.0 Å². The zero-order valence-electron chi connectivity index (χ0n) is 33.0. The third-order valence-corrected chi connectivity index (χ3v) is 97.2. The molecule has 0 atom stereocenters. The molecule has 0 radical (unpaired) electrons. The average molecular weight is 904 g/mol. The summed E-state index contributed by atoms with van der Waals surface area (Å²) in [6.45, 7) is 43.6. The van der Waals surface area contributed by atoms with Gasteiger partial charge in [0.25, 0.3) is 0 Å². The molecule has 0 amide bonds. The Balaban J connectivity index is 2.77. The summed E-state index contributed by atoms with van der Waals surface area (Å²) in [5.41, 5.74) is 0. The minimum absolute atomic E-state index is 2.02. The normalized spacial score (nSPS) is 41.9. The first-order chi connectivity index (χ1) is 20.1. The van der Waals surface area contributed by atoms with E-state index in [1.165, 1.54) is 0 Å². The van der Waals surface area contributed by atoms with Crippen LogP contribution in [0.4, 0.5) is 0 Å². The molecule has 3 saturated heterocycles. The van der Waals surface area contributed by atoms with E-state index in [9.17, 15) is 14.4 Å². The molecule has 3 fully saturated rings. The second-order valence-electron chi connectivity index (χ2n) is 20.6. The van der Waals surface area contributed by atoms with Crippen LogP contribution < -0.4 is 0 Å². The van der Waals surface area contributed by atoms with Crippen LogP contribution in [0.25, 0.3) is 0 Å². The molecule has 0 aromatic carbocycles. The Morgan fingerprint density at radius 2 is 0.362 bits per heavy atom. The lowest BCUT2D eigenvalue weighted by molar-refractivity contribution is 0.0441. The van der Waals surface area contributed by atoms with Crippen LogP contribution >= 0.6 is 0 Å². The molecule has 12 nitrogen and oxygen atoms in total. The van der Waals surface area contributed by atoms with Gasteiger partial charge in [-0.1, -0.05) is 137 Å². The second kappa shape index (κ2) is 12.0. The summed E-state index contributed by atoms with van der Waals surface area (Å²) in [5.74, 6) is 0. The molecule has 26 heteroatoms. The summed E-state index contributed by atoms with van der Waals surface area (Å²) in [7, 11) is -48.7. The van der Waals surface area contributed by atoms with Crippen LogP contribution in [0.1, 0.15) is 0 Å². The van der Waals surface area contributed by atoms with Gasteiger partial charge in [-0.2, -0.15) is 0 Å². The molecule has 278 valence electrons. The zero-order chi connectivity index (χ0) is 37.4. The van der Waals surface area contributed by atoms with Crippen LogP contribution in [0, 0.1) is 0 Å². The molecule has 0 aromatic heterocycles. The maximum Gasteiger partial charge on any atom is 0.451 e. The van der Waals surface area contributed by atoms with E-state index < -0.39 is 111 Å². The maximum atomic E-state index is 13.1. The monoisotopic (exact) mass is 902 g/mol. The first-order valence-electron chi connectivity index (χ1n) is 16.6. The van der Waals surface area contributed by atoms with Crippen molar-refractivity contribution in [2.75, 3.05) is 0 Å². The van der Waals surface area contributed by atoms with Gasteiger partial charge in [-0.05, 0) is 0 Å². The van der Waals surface area contributed by atoms with E-state index in [1.807, 2.05) is 58.9 Å². The molecule has 3 rings (SSSR count). The first kappa shape index (κ1) is 44.0. The molecular weight excluding hydrogens is 837 g/mol. The Morgan fingerprint density at radius 3 is 0.468 bits per heavy atom. The summed E-state index contributed by atoms with van der Waals surface area (Å²) in [6, 6.07) is 0. The van der Waals surface area contributed by atoms with E-state index in [0.717, 1.165) is 0 Å². The molecule has 3 aliphatic rings. The molecule has 0 saturated carbocycles. The number of rotatable bonds is 7.